The van der Waals surface area contributed by atoms with E-state index < -0.39 is 0 Å². The van der Waals surface area contributed by atoms with Gasteiger partial charge in [0.15, 0.2) is 5.58 Å². The molecule has 0 fully saturated rings. The van der Waals surface area contributed by atoms with Crippen molar-refractivity contribution in [2.24, 2.45) is 0 Å². The molecule has 0 unspecified atom stereocenters. The van der Waals surface area contributed by atoms with E-state index >= 15 is 0 Å². The SMILES string of the molecule is c1ccc(-c2ccc(N(c3ccc4ccc5ccccc5c4c3)c3cccc4oc5cc6oc(-c7ccccc7)nc6cc5c34)cc2)cc1. The van der Waals surface area contributed by atoms with Gasteiger partial charge in [0, 0.05) is 28.4 Å². The number of furan rings is 1. The Morgan fingerprint density at radius 2 is 1.08 bits per heavy atom. The molecule has 10 aromatic rings. The Bertz CT molecular complexity index is 2820. The molecule has 0 radical (unpaired) electrons. The van der Waals surface area contributed by atoms with Crippen LogP contribution in [0.15, 0.2) is 179 Å². The molecule has 2 heterocycles. The van der Waals surface area contributed by atoms with Gasteiger partial charge in [0.2, 0.25) is 5.89 Å². The molecule has 4 nitrogen and oxygen atoms in total. The van der Waals surface area contributed by atoms with Gasteiger partial charge < -0.3 is 13.7 Å². The van der Waals surface area contributed by atoms with E-state index in [1.54, 1.807) is 0 Å². The number of aromatic nitrogens is 1. The van der Waals surface area contributed by atoms with Gasteiger partial charge in [-0.15, -0.1) is 0 Å². The largest absolute Gasteiger partial charge is 0.456 e. The van der Waals surface area contributed by atoms with E-state index in [0.717, 1.165) is 50.1 Å². The van der Waals surface area contributed by atoms with Gasteiger partial charge in [-0.25, -0.2) is 4.98 Å². The molecule has 0 atom stereocenters. The van der Waals surface area contributed by atoms with Crippen LogP contribution in [0.2, 0.25) is 0 Å². The maximum absolute atomic E-state index is 6.53. The van der Waals surface area contributed by atoms with Crippen LogP contribution >= 0.6 is 0 Å². The van der Waals surface area contributed by atoms with E-state index in [0.29, 0.717) is 11.5 Å². The number of fused-ring (bicyclic) bond motifs is 7. The van der Waals surface area contributed by atoms with Crippen molar-refractivity contribution in [1.82, 2.24) is 4.98 Å². The van der Waals surface area contributed by atoms with Gasteiger partial charge in [0.05, 0.1) is 11.1 Å². The van der Waals surface area contributed by atoms with Crippen LogP contribution in [0.1, 0.15) is 0 Å². The monoisotopic (exact) mass is 628 g/mol. The van der Waals surface area contributed by atoms with Crippen molar-refractivity contribution in [1.29, 1.82) is 0 Å². The van der Waals surface area contributed by atoms with Crippen molar-refractivity contribution in [3.05, 3.63) is 170 Å². The lowest BCUT2D eigenvalue weighted by Gasteiger charge is -2.27. The first-order chi connectivity index (χ1) is 24.3. The van der Waals surface area contributed by atoms with Gasteiger partial charge in [-0.3, -0.25) is 0 Å². The smallest absolute Gasteiger partial charge is 0.227 e. The Morgan fingerprint density at radius 3 is 1.90 bits per heavy atom. The predicted octanol–water partition coefficient (Wildman–Crippen LogP) is 12.8. The fourth-order valence-corrected chi connectivity index (χ4v) is 7.11. The molecular weight excluding hydrogens is 601 g/mol. The molecule has 230 valence electrons. The minimum Gasteiger partial charge on any atom is -0.456 e. The molecule has 0 aliphatic carbocycles. The Kier molecular flexibility index (Phi) is 6.15. The second-order valence-corrected chi connectivity index (χ2v) is 12.4. The molecule has 8 aromatic carbocycles. The van der Waals surface area contributed by atoms with Crippen molar-refractivity contribution in [2.45, 2.75) is 0 Å². The normalized spacial score (nSPS) is 11.7. The first-order valence-electron chi connectivity index (χ1n) is 16.5. The summed E-state index contributed by atoms with van der Waals surface area (Å²) in [5, 5.41) is 6.88. The molecular formula is C45H28N2O2. The average Bonchev–Trinajstić information content (AvgIpc) is 3.76. The third-order valence-electron chi connectivity index (χ3n) is 9.47. The number of rotatable bonds is 5. The minimum atomic E-state index is 0.594. The van der Waals surface area contributed by atoms with Crippen molar-refractivity contribution in [2.75, 3.05) is 4.90 Å². The van der Waals surface area contributed by atoms with Crippen molar-refractivity contribution in [3.8, 4) is 22.6 Å². The molecule has 0 bridgehead atoms. The standard InChI is InChI=1S/C45H28N2O2/c1-3-10-29(11-4-1)30-20-23-34(24-21-30)47(35-25-22-32-19-18-31-12-7-8-15-36(31)37(32)26-35)40-16-9-17-41-44(40)38-27-39-43(28-42(38)48-41)49-45(46-39)33-13-5-2-6-14-33/h1-28H. The Balaban J connectivity index is 1.21. The highest BCUT2D eigenvalue weighted by Gasteiger charge is 2.21. The lowest BCUT2D eigenvalue weighted by Crippen LogP contribution is -2.10. The van der Waals surface area contributed by atoms with Crippen LogP contribution in [0, 0.1) is 0 Å². The third-order valence-corrected chi connectivity index (χ3v) is 9.47. The van der Waals surface area contributed by atoms with E-state index in [4.69, 9.17) is 13.8 Å². The summed E-state index contributed by atoms with van der Waals surface area (Å²) in [5.41, 5.74) is 9.48. The molecule has 0 saturated heterocycles. The summed E-state index contributed by atoms with van der Waals surface area (Å²) in [7, 11) is 0. The van der Waals surface area contributed by atoms with Crippen molar-refractivity contribution in [3.63, 3.8) is 0 Å². The van der Waals surface area contributed by atoms with Crippen LogP contribution in [-0.4, -0.2) is 4.98 Å². The van der Waals surface area contributed by atoms with Crippen molar-refractivity contribution >= 4 is 71.6 Å². The second kappa shape index (κ2) is 11.0. The summed E-state index contributed by atoms with van der Waals surface area (Å²) >= 11 is 0. The van der Waals surface area contributed by atoms with Gasteiger partial charge in [0.1, 0.15) is 16.7 Å². The fourth-order valence-electron chi connectivity index (χ4n) is 7.11. The number of hydrogen-bond acceptors (Lipinski definition) is 4. The van der Waals surface area contributed by atoms with Gasteiger partial charge in [0.25, 0.3) is 0 Å². The van der Waals surface area contributed by atoms with Crippen molar-refractivity contribution < 1.29 is 8.83 Å². The van der Waals surface area contributed by atoms with E-state index in [1.807, 2.05) is 48.5 Å². The molecule has 0 aliphatic rings. The van der Waals surface area contributed by atoms with Gasteiger partial charge >= 0.3 is 0 Å². The van der Waals surface area contributed by atoms with Crippen LogP contribution in [0.5, 0.6) is 0 Å². The number of anilines is 3. The first kappa shape index (κ1) is 27.5. The highest BCUT2D eigenvalue weighted by molar-refractivity contribution is 6.16. The molecule has 0 N–H and O–H groups in total. The van der Waals surface area contributed by atoms with Crippen LogP contribution < -0.4 is 4.90 Å². The molecule has 0 aliphatic heterocycles. The Hall–Kier alpha value is -6.65. The fraction of sp³-hybridized carbons (Fsp3) is 0. The van der Waals surface area contributed by atoms with E-state index in [9.17, 15) is 0 Å². The maximum Gasteiger partial charge on any atom is 0.227 e. The van der Waals surface area contributed by atoms with Crippen LogP contribution in [-0.2, 0) is 0 Å². The lowest BCUT2D eigenvalue weighted by molar-refractivity contribution is 0.617. The summed E-state index contributed by atoms with van der Waals surface area (Å²) in [5.74, 6) is 0.594. The first-order valence-corrected chi connectivity index (χ1v) is 16.5. The third kappa shape index (κ3) is 4.57. The topological polar surface area (TPSA) is 42.4 Å². The quantitative estimate of drug-likeness (QED) is 0.178. The van der Waals surface area contributed by atoms with E-state index in [-0.39, 0.29) is 0 Å². The van der Waals surface area contributed by atoms with Gasteiger partial charge in [-0.05, 0) is 87.3 Å². The second-order valence-electron chi connectivity index (χ2n) is 12.4. The summed E-state index contributed by atoms with van der Waals surface area (Å²) in [6.07, 6.45) is 0. The average molecular weight is 629 g/mol. The summed E-state index contributed by atoms with van der Waals surface area (Å²) in [6.45, 7) is 0. The molecule has 10 rings (SSSR count). The molecule has 0 spiro atoms. The van der Waals surface area contributed by atoms with Gasteiger partial charge in [-0.2, -0.15) is 0 Å². The molecule has 0 saturated carbocycles. The number of benzene rings is 8. The van der Waals surface area contributed by atoms with Crippen LogP contribution in [0.4, 0.5) is 17.1 Å². The number of nitrogens with zero attached hydrogens (tertiary/aromatic N) is 2. The molecule has 49 heavy (non-hydrogen) atoms. The minimum absolute atomic E-state index is 0.594. The Labute approximate surface area is 282 Å². The highest BCUT2D eigenvalue weighted by atomic mass is 16.4. The molecule has 2 aromatic heterocycles. The van der Waals surface area contributed by atoms with Crippen LogP contribution in [0.3, 0.4) is 0 Å². The number of hydrogen-bond donors (Lipinski definition) is 0. The van der Waals surface area contributed by atoms with Gasteiger partial charge in [-0.1, -0.05) is 109 Å². The van der Waals surface area contributed by atoms with Crippen LogP contribution in [0.25, 0.3) is 77.2 Å². The van der Waals surface area contributed by atoms with E-state index in [2.05, 4.69) is 126 Å². The summed E-state index contributed by atoms with van der Waals surface area (Å²) in [6, 6.07) is 59.4. The Morgan fingerprint density at radius 1 is 0.408 bits per heavy atom. The summed E-state index contributed by atoms with van der Waals surface area (Å²) in [4.78, 5) is 7.23. The summed E-state index contributed by atoms with van der Waals surface area (Å²) < 4.78 is 12.7. The maximum atomic E-state index is 6.53. The number of oxazole rings is 1. The molecule has 4 heteroatoms. The zero-order valence-corrected chi connectivity index (χ0v) is 26.4. The predicted molar refractivity (Wildman–Crippen MR) is 202 cm³/mol. The zero-order chi connectivity index (χ0) is 32.3. The van der Waals surface area contributed by atoms with E-state index in [1.165, 1.54) is 32.7 Å². The lowest BCUT2D eigenvalue weighted by atomic mass is 10.00. The highest BCUT2D eigenvalue weighted by Crippen LogP contribution is 2.45. The zero-order valence-electron chi connectivity index (χ0n) is 26.4. The molecule has 0 amide bonds.